The lowest BCUT2D eigenvalue weighted by atomic mass is 10.2. The summed E-state index contributed by atoms with van der Waals surface area (Å²) in [5.41, 5.74) is 1.13. The van der Waals surface area contributed by atoms with Crippen molar-refractivity contribution in [3.8, 4) is 5.75 Å². The minimum atomic E-state index is -3.46. The van der Waals surface area contributed by atoms with Crippen LogP contribution in [0.5, 0.6) is 5.75 Å². The molecule has 0 saturated heterocycles. The van der Waals surface area contributed by atoms with E-state index in [0.29, 0.717) is 5.75 Å². The van der Waals surface area contributed by atoms with Gasteiger partial charge in [-0.1, -0.05) is 13.3 Å². The highest BCUT2D eigenvalue weighted by atomic mass is 32.2. The molecule has 1 aromatic heterocycles. The monoisotopic (exact) mass is 381 g/mol. The van der Waals surface area contributed by atoms with Gasteiger partial charge in [-0.3, -0.25) is 5.10 Å². The number of benzene rings is 1. The van der Waals surface area contributed by atoms with Crippen molar-refractivity contribution < 1.29 is 22.7 Å². The molecule has 0 unspecified atom stereocenters. The second-order valence-electron chi connectivity index (χ2n) is 5.77. The molecule has 0 radical (unpaired) electrons. The van der Waals surface area contributed by atoms with Gasteiger partial charge in [0, 0.05) is 19.8 Å². The molecule has 142 valence electrons. The van der Waals surface area contributed by atoms with Crippen LogP contribution in [0.1, 0.15) is 29.5 Å². The highest BCUT2D eigenvalue weighted by Crippen LogP contribution is 2.18. The normalized spacial score (nSPS) is 11.5. The SMILES string of the molecule is CCCc1cc(C(=O)OCCOc2ccc(S(=O)(=O)N(C)C)cc2)n[nH]1. The number of carbonyl (C=O) groups is 1. The van der Waals surface area contributed by atoms with Crippen molar-refractivity contribution in [1.82, 2.24) is 14.5 Å². The maximum absolute atomic E-state index is 12.0. The molecule has 26 heavy (non-hydrogen) atoms. The number of sulfonamides is 1. The summed E-state index contributed by atoms with van der Waals surface area (Å²) in [6, 6.07) is 7.73. The number of hydrogen-bond donors (Lipinski definition) is 1. The summed E-state index contributed by atoms with van der Waals surface area (Å²) in [7, 11) is -0.523. The maximum Gasteiger partial charge on any atom is 0.358 e. The van der Waals surface area contributed by atoms with Crippen LogP contribution in [-0.2, 0) is 21.2 Å². The van der Waals surface area contributed by atoms with Crippen LogP contribution >= 0.6 is 0 Å². The predicted molar refractivity (Wildman–Crippen MR) is 95.7 cm³/mol. The molecule has 1 aromatic carbocycles. The molecule has 8 nitrogen and oxygen atoms in total. The van der Waals surface area contributed by atoms with Gasteiger partial charge < -0.3 is 9.47 Å². The molecule has 0 aliphatic heterocycles. The number of aromatic amines is 1. The van der Waals surface area contributed by atoms with Crippen LogP contribution in [0.2, 0.25) is 0 Å². The second-order valence-corrected chi connectivity index (χ2v) is 7.92. The third-order valence-corrected chi connectivity index (χ3v) is 5.38. The maximum atomic E-state index is 12.0. The fourth-order valence-corrected chi connectivity index (χ4v) is 3.05. The number of carbonyl (C=O) groups excluding carboxylic acids is 1. The number of aromatic nitrogens is 2. The summed E-state index contributed by atoms with van der Waals surface area (Å²) in [5, 5.41) is 6.71. The van der Waals surface area contributed by atoms with E-state index in [1.165, 1.54) is 26.2 Å². The number of esters is 1. The molecule has 0 aliphatic rings. The lowest BCUT2D eigenvalue weighted by Crippen LogP contribution is -2.22. The zero-order valence-electron chi connectivity index (χ0n) is 15.1. The third-order valence-electron chi connectivity index (χ3n) is 3.55. The van der Waals surface area contributed by atoms with Gasteiger partial charge in [0.25, 0.3) is 0 Å². The molecule has 0 saturated carbocycles. The number of hydrogen-bond acceptors (Lipinski definition) is 6. The van der Waals surface area contributed by atoms with Crippen molar-refractivity contribution in [2.24, 2.45) is 0 Å². The van der Waals surface area contributed by atoms with Crippen LogP contribution < -0.4 is 4.74 Å². The van der Waals surface area contributed by atoms with Crippen molar-refractivity contribution >= 4 is 16.0 Å². The second kappa shape index (κ2) is 8.81. The molecular formula is C17H23N3O5S. The van der Waals surface area contributed by atoms with E-state index in [1.54, 1.807) is 18.2 Å². The highest BCUT2D eigenvalue weighted by molar-refractivity contribution is 7.89. The van der Waals surface area contributed by atoms with E-state index in [9.17, 15) is 13.2 Å². The first-order valence-electron chi connectivity index (χ1n) is 8.21. The first kappa shape index (κ1) is 19.9. The molecule has 2 rings (SSSR count). The van der Waals surface area contributed by atoms with Crippen molar-refractivity contribution in [3.63, 3.8) is 0 Å². The predicted octanol–water partition coefficient (Wildman–Crippen LogP) is 1.85. The summed E-state index contributed by atoms with van der Waals surface area (Å²) < 4.78 is 35.6. The zero-order chi connectivity index (χ0) is 19.2. The Balaban J connectivity index is 1.80. The number of aryl methyl sites for hydroxylation is 1. The molecule has 0 fully saturated rings. The van der Waals surface area contributed by atoms with Gasteiger partial charge in [-0.2, -0.15) is 5.10 Å². The number of ether oxygens (including phenoxy) is 2. The van der Waals surface area contributed by atoms with E-state index in [1.807, 2.05) is 6.92 Å². The molecule has 0 aliphatic carbocycles. The minimum Gasteiger partial charge on any atom is -0.490 e. The Bertz CT molecular complexity index is 828. The van der Waals surface area contributed by atoms with Gasteiger partial charge in [-0.05, 0) is 36.8 Å². The van der Waals surface area contributed by atoms with Crippen LogP contribution in [0.3, 0.4) is 0 Å². The summed E-state index contributed by atoms with van der Waals surface area (Å²) >= 11 is 0. The first-order chi connectivity index (χ1) is 12.3. The number of H-pyrrole nitrogens is 1. The summed E-state index contributed by atoms with van der Waals surface area (Å²) in [5.74, 6) is -0.0246. The average Bonchev–Trinajstić information content (AvgIpc) is 3.08. The van der Waals surface area contributed by atoms with E-state index in [2.05, 4.69) is 10.2 Å². The fraction of sp³-hybridized carbons (Fsp3) is 0.412. The van der Waals surface area contributed by atoms with E-state index in [-0.39, 0.29) is 23.8 Å². The van der Waals surface area contributed by atoms with Crippen LogP contribution in [-0.4, -0.2) is 56.2 Å². The minimum absolute atomic E-state index is 0.0621. The smallest absolute Gasteiger partial charge is 0.358 e. The lowest BCUT2D eigenvalue weighted by Gasteiger charge is -2.12. The Morgan fingerprint density at radius 3 is 2.50 bits per heavy atom. The van der Waals surface area contributed by atoms with Crippen molar-refractivity contribution in [1.29, 1.82) is 0 Å². The largest absolute Gasteiger partial charge is 0.490 e. The average molecular weight is 381 g/mol. The van der Waals surface area contributed by atoms with E-state index >= 15 is 0 Å². The van der Waals surface area contributed by atoms with Gasteiger partial charge in [0.05, 0.1) is 4.90 Å². The molecule has 0 atom stereocenters. The van der Waals surface area contributed by atoms with Crippen molar-refractivity contribution in [2.45, 2.75) is 24.7 Å². The van der Waals surface area contributed by atoms with Gasteiger partial charge in [0.1, 0.15) is 19.0 Å². The molecule has 1 N–H and O–H groups in total. The van der Waals surface area contributed by atoms with Crippen LogP contribution in [0.25, 0.3) is 0 Å². The summed E-state index contributed by atoms with van der Waals surface area (Å²) in [6.07, 6.45) is 1.78. The standard InChI is InChI=1S/C17H23N3O5S/c1-4-5-13-12-16(19-18-13)17(21)25-11-10-24-14-6-8-15(9-7-14)26(22,23)20(2)3/h6-9,12H,4-5,10-11H2,1-3H3,(H,18,19). The molecular weight excluding hydrogens is 358 g/mol. The summed E-state index contributed by atoms with van der Waals surface area (Å²) in [4.78, 5) is 12.0. The van der Waals surface area contributed by atoms with Gasteiger partial charge >= 0.3 is 5.97 Å². The molecule has 0 spiro atoms. The molecule has 0 bridgehead atoms. The van der Waals surface area contributed by atoms with Gasteiger partial charge in [-0.25, -0.2) is 17.5 Å². The first-order valence-corrected chi connectivity index (χ1v) is 9.65. The molecule has 2 aromatic rings. The van der Waals surface area contributed by atoms with Crippen molar-refractivity contribution in [2.75, 3.05) is 27.3 Å². The summed E-state index contributed by atoms with van der Waals surface area (Å²) in [6.45, 7) is 2.25. The van der Waals surface area contributed by atoms with E-state index in [0.717, 1.165) is 22.8 Å². The van der Waals surface area contributed by atoms with Crippen LogP contribution in [0.15, 0.2) is 35.2 Å². The Hall–Kier alpha value is -2.39. The van der Waals surface area contributed by atoms with Gasteiger partial charge in [0.15, 0.2) is 5.69 Å². The number of nitrogens with zero attached hydrogens (tertiary/aromatic N) is 2. The van der Waals surface area contributed by atoms with Crippen molar-refractivity contribution in [3.05, 3.63) is 41.7 Å². The Morgan fingerprint density at radius 2 is 1.88 bits per heavy atom. The van der Waals surface area contributed by atoms with E-state index in [4.69, 9.17) is 9.47 Å². The quantitative estimate of drug-likeness (QED) is 0.525. The molecule has 0 amide bonds. The van der Waals surface area contributed by atoms with E-state index < -0.39 is 16.0 Å². The fourth-order valence-electron chi connectivity index (χ4n) is 2.15. The zero-order valence-corrected chi connectivity index (χ0v) is 15.9. The molecule has 1 heterocycles. The number of nitrogens with one attached hydrogen (secondary N) is 1. The number of rotatable bonds is 9. The Kier molecular flexibility index (Phi) is 6.76. The van der Waals surface area contributed by atoms with Crippen LogP contribution in [0.4, 0.5) is 0 Å². The molecule has 9 heteroatoms. The van der Waals surface area contributed by atoms with Gasteiger partial charge in [0.2, 0.25) is 10.0 Å². The Labute approximate surface area is 153 Å². The topological polar surface area (TPSA) is 102 Å². The van der Waals surface area contributed by atoms with Gasteiger partial charge in [-0.15, -0.1) is 0 Å². The lowest BCUT2D eigenvalue weighted by molar-refractivity contribution is 0.0443. The Morgan fingerprint density at radius 1 is 1.19 bits per heavy atom. The van der Waals surface area contributed by atoms with Crippen LogP contribution in [0, 0.1) is 0 Å². The third kappa shape index (κ3) is 5.06. The highest BCUT2D eigenvalue weighted by Gasteiger charge is 2.16.